The maximum atomic E-state index is 12.0. The lowest BCUT2D eigenvalue weighted by Gasteiger charge is -2.05. The van der Waals surface area contributed by atoms with Gasteiger partial charge in [0.15, 0.2) is 0 Å². The molecule has 1 aromatic heterocycles. The molecule has 0 radical (unpaired) electrons. The number of hydrogen-bond acceptors (Lipinski definition) is 4. The Morgan fingerprint density at radius 1 is 1.15 bits per heavy atom. The van der Waals surface area contributed by atoms with Crippen molar-refractivity contribution in [3.8, 4) is 0 Å². The third-order valence-electron chi connectivity index (χ3n) is 2.56. The molecular formula is C13H12ClN3O2S. The SMILES string of the molecule is CC(=NNS(=O)(=O)c1ccc(Cl)cc1)c1ccncc1. The van der Waals surface area contributed by atoms with E-state index < -0.39 is 10.0 Å². The molecule has 5 nitrogen and oxygen atoms in total. The van der Waals surface area contributed by atoms with Crippen LogP contribution in [-0.2, 0) is 10.0 Å². The summed E-state index contributed by atoms with van der Waals surface area (Å²) in [5.41, 5.74) is 1.34. The Morgan fingerprint density at radius 3 is 2.35 bits per heavy atom. The molecule has 104 valence electrons. The van der Waals surface area contributed by atoms with E-state index in [1.165, 1.54) is 24.3 Å². The lowest BCUT2D eigenvalue weighted by Crippen LogP contribution is -2.19. The Labute approximate surface area is 122 Å². The first-order chi connectivity index (χ1) is 9.49. The summed E-state index contributed by atoms with van der Waals surface area (Å²) in [4.78, 5) is 6.18. The lowest BCUT2D eigenvalue weighted by molar-refractivity contribution is 0.584. The summed E-state index contributed by atoms with van der Waals surface area (Å²) in [6.07, 6.45) is 3.23. The fourth-order valence-electron chi connectivity index (χ4n) is 1.45. The number of sulfonamides is 1. The summed E-state index contributed by atoms with van der Waals surface area (Å²) in [6.45, 7) is 1.71. The fraction of sp³-hybridized carbons (Fsp3) is 0.0769. The van der Waals surface area contributed by atoms with Crippen molar-refractivity contribution in [3.05, 3.63) is 59.4 Å². The zero-order valence-corrected chi connectivity index (χ0v) is 12.2. The first-order valence-corrected chi connectivity index (χ1v) is 7.57. The number of nitrogens with one attached hydrogen (secondary N) is 1. The highest BCUT2D eigenvalue weighted by atomic mass is 35.5. The van der Waals surface area contributed by atoms with Crippen LogP contribution in [0.2, 0.25) is 5.02 Å². The molecule has 1 aromatic carbocycles. The molecule has 1 heterocycles. The Kier molecular flexibility index (Phi) is 4.36. The van der Waals surface area contributed by atoms with Crippen LogP contribution in [0.4, 0.5) is 0 Å². The second kappa shape index (κ2) is 6.02. The molecule has 0 saturated carbocycles. The number of nitrogens with zero attached hydrogens (tertiary/aromatic N) is 2. The van der Waals surface area contributed by atoms with Crippen LogP contribution in [0.3, 0.4) is 0 Å². The van der Waals surface area contributed by atoms with Crippen molar-refractivity contribution in [2.75, 3.05) is 0 Å². The van der Waals surface area contributed by atoms with Gasteiger partial charge in [-0.2, -0.15) is 18.4 Å². The smallest absolute Gasteiger partial charge is 0.265 e. The van der Waals surface area contributed by atoms with Crippen molar-refractivity contribution in [2.24, 2.45) is 5.10 Å². The maximum Gasteiger partial charge on any atom is 0.276 e. The van der Waals surface area contributed by atoms with Gasteiger partial charge in [0.1, 0.15) is 0 Å². The molecule has 0 bridgehead atoms. The van der Waals surface area contributed by atoms with Crippen LogP contribution in [0.5, 0.6) is 0 Å². The number of hydrazone groups is 1. The average Bonchev–Trinajstić information content (AvgIpc) is 2.46. The summed E-state index contributed by atoms with van der Waals surface area (Å²) < 4.78 is 24.0. The van der Waals surface area contributed by atoms with Crippen LogP contribution in [0.15, 0.2) is 58.8 Å². The molecule has 0 spiro atoms. The topological polar surface area (TPSA) is 71.4 Å². The zero-order chi connectivity index (χ0) is 14.6. The molecule has 0 amide bonds. The van der Waals surface area contributed by atoms with E-state index >= 15 is 0 Å². The van der Waals surface area contributed by atoms with E-state index in [9.17, 15) is 8.42 Å². The molecule has 0 fully saturated rings. The Balaban J connectivity index is 2.19. The standard InChI is InChI=1S/C13H12ClN3O2S/c1-10(11-6-8-15-9-7-11)16-17-20(18,19)13-4-2-12(14)3-5-13/h2-9,17H,1H3. The minimum Gasteiger partial charge on any atom is -0.265 e. The van der Waals surface area contributed by atoms with E-state index in [2.05, 4.69) is 14.9 Å². The number of rotatable bonds is 4. The third kappa shape index (κ3) is 3.55. The van der Waals surface area contributed by atoms with Gasteiger partial charge in [0, 0.05) is 23.0 Å². The summed E-state index contributed by atoms with van der Waals surface area (Å²) >= 11 is 5.72. The fourth-order valence-corrected chi connectivity index (χ4v) is 2.44. The van der Waals surface area contributed by atoms with Gasteiger partial charge in [-0.05, 0) is 43.3 Å². The van der Waals surface area contributed by atoms with E-state index in [0.717, 1.165) is 5.56 Å². The first-order valence-electron chi connectivity index (χ1n) is 5.71. The van der Waals surface area contributed by atoms with Gasteiger partial charge in [-0.25, -0.2) is 0 Å². The minimum absolute atomic E-state index is 0.105. The van der Waals surface area contributed by atoms with Crippen LogP contribution in [0, 0.1) is 0 Å². The molecule has 7 heteroatoms. The van der Waals surface area contributed by atoms with E-state index in [0.29, 0.717) is 10.7 Å². The highest BCUT2D eigenvalue weighted by molar-refractivity contribution is 7.89. The lowest BCUT2D eigenvalue weighted by atomic mass is 10.2. The normalized spacial score (nSPS) is 12.2. The number of aromatic nitrogens is 1. The molecule has 0 unspecified atom stereocenters. The largest absolute Gasteiger partial charge is 0.276 e. The number of hydrogen-bond donors (Lipinski definition) is 1. The van der Waals surface area contributed by atoms with Crippen molar-refractivity contribution < 1.29 is 8.42 Å². The molecule has 2 aromatic rings. The highest BCUT2D eigenvalue weighted by Crippen LogP contribution is 2.13. The molecule has 0 aliphatic heterocycles. The maximum absolute atomic E-state index is 12.0. The van der Waals surface area contributed by atoms with E-state index in [4.69, 9.17) is 11.6 Å². The van der Waals surface area contributed by atoms with Crippen LogP contribution in [0.25, 0.3) is 0 Å². The number of pyridine rings is 1. The van der Waals surface area contributed by atoms with Gasteiger partial charge >= 0.3 is 0 Å². The van der Waals surface area contributed by atoms with Gasteiger partial charge in [-0.15, -0.1) is 0 Å². The third-order valence-corrected chi connectivity index (χ3v) is 4.03. The van der Waals surface area contributed by atoms with Crippen molar-refractivity contribution in [3.63, 3.8) is 0 Å². The van der Waals surface area contributed by atoms with Crippen LogP contribution in [-0.4, -0.2) is 19.1 Å². The van der Waals surface area contributed by atoms with E-state index in [1.807, 2.05) is 0 Å². The summed E-state index contributed by atoms with van der Waals surface area (Å²) in [5.74, 6) is 0. The Morgan fingerprint density at radius 2 is 1.75 bits per heavy atom. The van der Waals surface area contributed by atoms with Gasteiger partial charge in [0.25, 0.3) is 10.0 Å². The van der Waals surface area contributed by atoms with Crippen LogP contribution < -0.4 is 4.83 Å². The van der Waals surface area contributed by atoms with Gasteiger partial charge in [0.05, 0.1) is 10.6 Å². The second-order valence-electron chi connectivity index (χ2n) is 3.98. The van der Waals surface area contributed by atoms with Gasteiger partial charge < -0.3 is 0 Å². The van der Waals surface area contributed by atoms with Crippen molar-refractivity contribution in [2.45, 2.75) is 11.8 Å². The number of benzene rings is 1. The molecule has 20 heavy (non-hydrogen) atoms. The van der Waals surface area contributed by atoms with Gasteiger partial charge in [-0.1, -0.05) is 11.6 Å². The van der Waals surface area contributed by atoms with Crippen LogP contribution in [0.1, 0.15) is 12.5 Å². The molecule has 0 aliphatic carbocycles. The molecular weight excluding hydrogens is 298 g/mol. The van der Waals surface area contributed by atoms with Gasteiger partial charge in [-0.3, -0.25) is 4.98 Å². The Bertz CT molecular complexity index is 713. The molecule has 1 N–H and O–H groups in total. The van der Waals surface area contributed by atoms with Crippen molar-refractivity contribution in [1.29, 1.82) is 0 Å². The Hall–Kier alpha value is -1.92. The molecule has 0 atom stereocenters. The van der Waals surface area contributed by atoms with E-state index in [1.54, 1.807) is 31.5 Å². The minimum atomic E-state index is -3.69. The van der Waals surface area contributed by atoms with Crippen molar-refractivity contribution in [1.82, 2.24) is 9.82 Å². The predicted octanol–water partition coefficient (Wildman–Crippen LogP) is 2.44. The zero-order valence-electron chi connectivity index (χ0n) is 10.6. The highest BCUT2D eigenvalue weighted by Gasteiger charge is 2.12. The quantitative estimate of drug-likeness (QED) is 0.696. The predicted molar refractivity (Wildman–Crippen MR) is 78.2 cm³/mol. The molecule has 2 rings (SSSR count). The van der Waals surface area contributed by atoms with Crippen LogP contribution >= 0.6 is 11.6 Å². The molecule has 0 aliphatic rings. The monoisotopic (exact) mass is 309 g/mol. The number of halogens is 1. The van der Waals surface area contributed by atoms with Crippen molar-refractivity contribution >= 4 is 27.3 Å². The second-order valence-corrected chi connectivity index (χ2v) is 6.08. The summed E-state index contributed by atoms with van der Waals surface area (Å²) in [7, 11) is -3.69. The summed E-state index contributed by atoms with van der Waals surface area (Å²) in [6, 6.07) is 9.35. The average molecular weight is 310 g/mol. The van der Waals surface area contributed by atoms with Gasteiger partial charge in [0.2, 0.25) is 0 Å². The van der Waals surface area contributed by atoms with E-state index in [-0.39, 0.29) is 4.90 Å². The summed E-state index contributed by atoms with van der Waals surface area (Å²) in [5, 5.41) is 4.36. The first kappa shape index (κ1) is 14.5. The molecule has 0 saturated heterocycles.